The summed E-state index contributed by atoms with van der Waals surface area (Å²) in [5.41, 5.74) is 0.355. The first-order valence-electron chi connectivity index (χ1n) is 7.06. The Kier molecular flexibility index (Phi) is 5.07. The van der Waals surface area contributed by atoms with E-state index in [1.54, 1.807) is 29.5 Å². The van der Waals surface area contributed by atoms with Crippen LogP contribution in [0.25, 0.3) is 10.9 Å². The molecule has 0 bridgehead atoms. The van der Waals surface area contributed by atoms with E-state index in [0.29, 0.717) is 22.5 Å². The molecule has 0 saturated heterocycles. The number of aliphatic hydroxyl groups excluding tert-OH is 1. The second-order valence-corrected chi connectivity index (χ2v) is 6.58. The summed E-state index contributed by atoms with van der Waals surface area (Å²) in [4.78, 5) is 17.7. The molecule has 1 N–H and O–H groups in total. The summed E-state index contributed by atoms with van der Waals surface area (Å²) >= 11 is 7.52. The van der Waals surface area contributed by atoms with Crippen molar-refractivity contribution in [2.24, 2.45) is 0 Å². The molecule has 0 aliphatic rings. The summed E-state index contributed by atoms with van der Waals surface area (Å²) < 4.78 is 6.83. The number of fused-ring (bicyclic) bond motifs is 1. The Labute approximate surface area is 141 Å². The highest BCUT2D eigenvalue weighted by Gasteiger charge is 2.10. The van der Waals surface area contributed by atoms with Crippen molar-refractivity contribution in [3.05, 3.63) is 62.3 Å². The van der Waals surface area contributed by atoms with E-state index >= 15 is 0 Å². The minimum atomic E-state index is -0.786. The summed E-state index contributed by atoms with van der Waals surface area (Å²) in [6.07, 6.45) is 0.646. The van der Waals surface area contributed by atoms with Gasteiger partial charge in [-0.2, -0.15) is 0 Å². The highest BCUT2D eigenvalue weighted by atomic mass is 35.5. The van der Waals surface area contributed by atoms with Gasteiger partial charge in [0.05, 0.1) is 43.1 Å². The van der Waals surface area contributed by atoms with Crippen LogP contribution >= 0.6 is 22.9 Å². The molecular weight excluding hydrogens is 336 g/mol. The minimum absolute atomic E-state index is 0.124. The van der Waals surface area contributed by atoms with E-state index in [1.165, 1.54) is 10.9 Å². The lowest BCUT2D eigenvalue weighted by Crippen LogP contribution is -2.29. The molecular formula is C16H15ClN2O3S. The SMILES string of the molecule is O=c1c2cc(Cl)ccc2ncn1C[C@@H](O)COCc1cccs1. The van der Waals surface area contributed by atoms with Crippen molar-refractivity contribution in [3.8, 4) is 0 Å². The number of hydrogen-bond donors (Lipinski definition) is 1. The first-order valence-corrected chi connectivity index (χ1v) is 8.32. The zero-order valence-electron chi connectivity index (χ0n) is 12.2. The van der Waals surface area contributed by atoms with Crippen molar-refractivity contribution in [1.29, 1.82) is 0 Å². The van der Waals surface area contributed by atoms with Gasteiger partial charge in [-0.1, -0.05) is 17.7 Å². The van der Waals surface area contributed by atoms with Crippen LogP contribution in [-0.2, 0) is 17.9 Å². The molecule has 7 heteroatoms. The third kappa shape index (κ3) is 3.97. The molecule has 3 rings (SSSR count). The van der Waals surface area contributed by atoms with Gasteiger partial charge in [0.25, 0.3) is 5.56 Å². The van der Waals surface area contributed by atoms with Crippen molar-refractivity contribution in [2.45, 2.75) is 19.3 Å². The van der Waals surface area contributed by atoms with Crippen LogP contribution in [0, 0.1) is 0 Å². The second kappa shape index (κ2) is 7.23. The van der Waals surface area contributed by atoms with Gasteiger partial charge in [0, 0.05) is 9.90 Å². The maximum Gasteiger partial charge on any atom is 0.261 e. The zero-order valence-corrected chi connectivity index (χ0v) is 13.8. The fraction of sp³-hybridized carbons (Fsp3) is 0.250. The van der Waals surface area contributed by atoms with E-state index in [9.17, 15) is 9.90 Å². The molecule has 0 saturated carbocycles. The molecule has 0 aliphatic carbocycles. The number of aromatic nitrogens is 2. The van der Waals surface area contributed by atoms with Gasteiger partial charge in [0.15, 0.2) is 0 Å². The number of halogens is 1. The second-order valence-electron chi connectivity index (χ2n) is 5.11. The number of hydrogen-bond acceptors (Lipinski definition) is 5. The van der Waals surface area contributed by atoms with Crippen LogP contribution in [0.3, 0.4) is 0 Å². The molecule has 1 aromatic carbocycles. The first-order chi connectivity index (χ1) is 11.1. The summed E-state index contributed by atoms with van der Waals surface area (Å²) in [6.45, 7) is 0.728. The van der Waals surface area contributed by atoms with Crippen molar-refractivity contribution >= 4 is 33.8 Å². The van der Waals surface area contributed by atoms with Crippen molar-refractivity contribution < 1.29 is 9.84 Å². The Morgan fingerprint density at radius 2 is 2.26 bits per heavy atom. The normalized spacial score (nSPS) is 12.6. The van der Waals surface area contributed by atoms with Crippen LogP contribution in [0.2, 0.25) is 5.02 Å². The highest BCUT2D eigenvalue weighted by Crippen LogP contribution is 2.14. The zero-order chi connectivity index (χ0) is 16.2. The molecule has 23 heavy (non-hydrogen) atoms. The first kappa shape index (κ1) is 16.1. The molecule has 5 nitrogen and oxygen atoms in total. The fourth-order valence-electron chi connectivity index (χ4n) is 2.23. The van der Waals surface area contributed by atoms with Crippen molar-refractivity contribution in [3.63, 3.8) is 0 Å². The molecule has 2 aromatic heterocycles. The van der Waals surface area contributed by atoms with E-state index in [1.807, 2.05) is 17.5 Å². The van der Waals surface area contributed by atoms with Gasteiger partial charge < -0.3 is 9.84 Å². The third-order valence-corrected chi connectivity index (χ3v) is 4.41. The van der Waals surface area contributed by atoms with Crippen LogP contribution in [0.4, 0.5) is 0 Å². The number of rotatable bonds is 6. The van der Waals surface area contributed by atoms with E-state index in [2.05, 4.69) is 4.98 Å². The molecule has 0 amide bonds. The van der Waals surface area contributed by atoms with Crippen LogP contribution in [0.1, 0.15) is 4.88 Å². The van der Waals surface area contributed by atoms with Crippen molar-refractivity contribution in [1.82, 2.24) is 9.55 Å². The standard InChI is InChI=1S/C16H15ClN2O3S/c17-11-3-4-15-14(6-11)16(21)19(10-18-15)7-12(20)8-22-9-13-2-1-5-23-13/h1-6,10,12,20H,7-9H2/t12-/m1/s1. The lowest BCUT2D eigenvalue weighted by atomic mass is 10.2. The average Bonchev–Trinajstić information content (AvgIpc) is 3.04. The maximum atomic E-state index is 12.4. The van der Waals surface area contributed by atoms with E-state index in [-0.39, 0.29) is 18.7 Å². The largest absolute Gasteiger partial charge is 0.389 e. The van der Waals surface area contributed by atoms with Crippen LogP contribution in [0.5, 0.6) is 0 Å². The molecule has 1 atom stereocenters. The highest BCUT2D eigenvalue weighted by molar-refractivity contribution is 7.09. The Morgan fingerprint density at radius 1 is 1.39 bits per heavy atom. The molecule has 3 aromatic rings. The molecule has 0 unspecified atom stereocenters. The summed E-state index contributed by atoms with van der Waals surface area (Å²) in [5.74, 6) is 0. The van der Waals surface area contributed by atoms with Crippen LogP contribution < -0.4 is 5.56 Å². The van der Waals surface area contributed by atoms with Gasteiger partial charge in [-0.25, -0.2) is 4.98 Å². The fourth-order valence-corrected chi connectivity index (χ4v) is 3.04. The van der Waals surface area contributed by atoms with Gasteiger partial charge in [0.1, 0.15) is 0 Å². The van der Waals surface area contributed by atoms with Gasteiger partial charge in [-0.15, -0.1) is 11.3 Å². The summed E-state index contributed by atoms with van der Waals surface area (Å²) in [5, 5.41) is 12.9. The number of nitrogens with zero attached hydrogens (tertiary/aromatic N) is 2. The maximum absolute atomic E-state index is 12.4. The Morgan fingerprint density at radius 3 is 3.04 bits per heavy atom. The van der Waals surface area contributed by atoms with E-state index in [0.717, 1.165) is 4.88 Å². The number of aliphatic hydroxyl groups is 1. The van der Waals surface area contributed by atoms with Gasteiger partial charge in [-0.05, 0) is 29.6 Å². The smallest absolute Gasteiger partial charge is 0.261 e. The van der Waals surface area contributed by atoms with E-state index < -0.39 is 6.10 Å². The number of thiophene rings is 1. The third-order valence-electron chi connectivity index (χ3n) is 3.33. The lowest BCUT2D eigenvalue weighted by molar-refractivity contribution is 0.0207. The minimum Gasteiger partial charge on any atom is -0.389 e. The number of ether oxygens (including phenoxy) is 1. The quantitative estimate of drug-likeness (QED) is 0.742. The van der Waals surface area contributed by atoms with Crippen molar-refractivity contribution in [2.75, 3.05) is 6.61 Å². The Hall–Kier alpha value is -1.73. The summed E-state index contributed by atoms with van der Waals surface area (Å²) in [7, 11) is 0. The Balaban J connectivity index is 1.66. The van der Waals surface area contributed by atoms with Gasteiger partial charge >= 0.3 is 0 Å². The monoisotopic (exact) mass is 350 g/mol. The van der Waals surface area contributed by atoms with E-state index in [4.69, 9.17) is 16.3 Å². The topological polar surface area (TPSA) is 64.4 Å². The molecule has 0 fully saturated rings. The molecule has 120 valence electrons. The lowest BCUT2D eigenvalue weighted by Gasteiger charge is -2.13. The molecule has 2 heterocycles. The predicted molar refractivity (Wildman–Crippen MR) is 91.0 cm³/mol. The van der Waals surface area contributed by atoms with Crippen LogP contribution in [-0.4, -0.2) is 27.4 Å². The Bertz CT molecular complexity index is 848. The molecule has 0 radical (unpaired) electrons. The number of benzene rings is 1. The predicted octanol–water partition coefficient (Wildman–Crippen LogP) is 2.69. The van der Waals surface area contributed by atoms with Gasteiger partial charge in [0.2, 0.25) is 0 Å². The summed E-state index contributed by atoms with van der Waals surface area (Å²) in [6, 6.07) is 8.89. The van der Waals surface area contributed by atoms with Crippen LogP contribution in [0.15, 0.2) is 46.8 Å². The molecule has 0 aliphatic heterocycles. The van der Waals surface area contributed by atoms with Gasteiger partial charge in [-0.3, -0.25) is 9.36 Å². The molecule has 0 spiro atoms. The average molecular weight is 351 g/mol.